The number of carboxylic acids is 3. The third-order valence-corrected chi connectivity index (χ3v) is 2.13. The fraction of sp³-hybridized carbons (Fsp3) is 0.600. The second-order valence-electron chi connectivity index (χ2n) is 3.84. The number of rotatable bonds is 12. The Kier molecular flexibility index (Phi) is 8.63. The number of aliphatic carboxylic acids is 3. The summed E-state index contributed by atoms with van der Waals surface area (Å²) in [6.45, 7) is -1.45. The second-order valence-corrected chi connectivity index (χ2v) is 3.84. The number of ether oxygens (including phenoxy) is 1. The van der Waals surface area contributed by atoms with Crippen molar-refractivity contribution in [1.29, 1.82) is 0 Å². The van der Waals surface area contributed by atoms with Gasteiger partial charge in [-0.05, 0) is 0 Å². The molecule has 0 aromatic heterocycles. The van der Waals surface area contributed by atoms with Gasteiger partial charge in [-0.1, -0.05) is 0 Å². The van der Waals surface area contributed by atoms with Crippen molar-refractivity contribution < 1.29 is 39.2 Å². The number of nitrogens with zero attached hydrogens (tertiary/aromatic N) is 2. The molecule has 0 radical (unpaired) electrons. The Balaban J connectivity index is 4.41. The van der Waals surface area contributed by atoms with Gasteiger partial charge >= 0.3 is 17.9 Å². The van der Waals surface area contributed by atoms with E-state index in [-0.39, 0.29) is 26.3 Å². The van der Waals surface area contributed by atoms with E-state index in [0.29, 0.717) is 0 Å². The summed E-state index contributed by atoms with van der Waals surface area (Å²) < 4.78 is 4.42. The van der Waals surface area contributed by atoms with Crippen molar-refractivity contribution >= 4 is 24.4 Å². The van der Waals surface area contributed by atoms with Gasteiger partial charge in [0.2, 0.25) is 0 Å². The Morgan fingerprint density at radius 2 is 1.25 bits per heavy atom. The lowest BCUT2D eigenvalue weighted by Gasteiger charge is -2.23. The molecule has 114 valence electrons. The van der Waals surface area contributed by atoms with Crippen LogP contribution in [0.4, 0.5) is 0 Å². The molecule has 0 aliphatic heterocycles. The molecule has 0 saturated carbocycles. The van der Waals surface area contributed by atoms with Crippen molar-refractivity contribution in [1.82, 2.24) is 9.80 Å². The van der Waals surface area contributed by atoms with Crippen molar-refractivity contribution in [2.24, 2.45) is 0 Å². The van der Waals surface area contributed by atoms with Gasteiger partial charge in [0.05, 0.1) is 19.6 Å². The van der Waals surface area contributed by atoms with Crippen LogP contribution in [0.5, 0.6) is 0 Å². The van der Waals surface area contributed by atoms with Gasteiger partial charge in [0, 0.05) is 13.1 Å². The summed E-state index contributed by atoms with van der Waals surface area (Å²) in [5.74, 6) is -3.54. The van der Waals surface area contributed by atoms with Crippen LogP contribution in [0, 0.1) is 0 Å². The molecule has 0 saturated heterocycles. The first kappa shape index (κ1) is 17.8. The van der Waals surface area contributed by atoms with Crippen LogP contribution >= 0.6 is 0 Å². The Morgan fingerprint density at radius 1 is 0.850 bits per heavy atom. The SMILES string of the molecule is O=COCN(CCN(CC(=O)O)CC(=O)O)CC(=O)O. The highest BCUT2D eigenvalue weighted by Gasteiger charge is 2.16. The molecule has 0 bridgehead atoms. The normalized spacial score (nSPS) is 10.5. The summed E-state index contributed by atoms with van der Waals surface area (Å²) in [6, 6.07) is 0. The molecule has 0 aromatic carbocycles. The zero-order valence-corrected chi connectivity index (χ0v) is 10.6. The van der Waals surface area contributed by atoms with Crippen LogP contribution < -0.4 is 0 Å². The molecular formula is C10H16N2O8. The third kappa shape index (κ3) is 9.79. The monoisotopic (exact) mass is 292 g/mol. The van der Waals surface area contributed by atoms with Gasteiger partial charge in [-0.2, -0.15) is 0 Å². The Hall–Kier alpha value is -2.20. The Labute approximate surface area is 114 Å². The molecule has 0 spiro atoms. The first-order valence-electron chi connectivity index (χ1n) is 5.50. The number of carbonyl (C=O) groups is 4. The average molecular weight is 292 g/mol. The number of carbonyl (C=O) groups excluding carboxylic acids is 1. The van der Waals surface area contributed by atoms with E-state index in [0.717, 1.165) is 4.90 Å². The van der Waals surface area contributed by atoms with Gasteiger partial charge in [0.25, 0.3) is 6.47 Å². The standard InChI is InChI=1S/C10H16N2O8/c13-7-20-6-12(5-10(18)19)2-1-11(3-8(14)15)4-9(16)17/h7H,1-6H2,(H,14,15)(H,16,17)(H,18,19). The van der Waals surface area contributed by atoms with E-state index >= 15 is 0 Å². The van der Waals surface area contributed by atoms with Gasteiger partial charge in [0.15, 0.2) is 0 Å². The lowest BCUT2D eigenvalue weighted by atomic mass is 10.4. The first-order valence-corrected chi connectivity index (χ1v) is 5.50. The summed E-state index contributed by atoms with van der Waals surface area (Å²) in [5, 5.41) is 25.9. The third-order valence-electron chi connectivity index (χ3n) is 2.13. The van der Waals surface area contributed by atoms with E-state index in [1.54, 1.807) is 0 Å². The lowest BCUT2D eigenvalue weighted by molar-refractivity contribution is -0.145. The van der Waals surface area contributed by atoms with Crippen LogP contribution in [0.25, 0.3) is 0 Å². The van der Waals surface area contributed by atoms with E-state index in [2.05, 4.69) is 4.74 Å². The van der Waals surface area contributed by atoms with Gasteiger partial charge in [-0.25, -0.2) is 0 Å². The molecule has 10 nitrogen and oxygen atoms in total. The van der Waals surface area contributed by atoms with Crippen molar-refractivity contribution in [2.45, 2.75) is 0 Å². The second kappa shape index (κ2) is 9.69. The molecule has 0 amide bonds. The van der Waals surface area contributed by atoms with Gasteiger partial charge in [0.1, 0.15) is 6.73 Å². The van der Waals surface area contributed by atoms with Gasteiger partial charge in [-0.3, -0.25) is 29.0 Å². The van der Waals surface area contributed by atoms with Crippen molar-refractivity contribution in [3.05, 3.63) is 0 Å². The van der Waals surface area contributed by atoms with Crippen molar-refractivity contribution in [2.75, 3.05) is 39.5 Å². The molecule has 0 fully saturated rings. The minimum absolute atomic E-state index is 0.00803. The predicted octanol–water partition coefficient (Wildman–Crippen LogP) is -2.03. The molecule has 3 N–H and O–H groups in total. The fourth-order valence-corrected chi connectivity index (χ4v) is 1.40. The van der Waals surface area contributed by atoms with Crippen LogP contribution in [-0.4, -0.2) is 89.0 Å². The molecule has 0 rings (SSSR count). The fourth-order valence-electron chi connectivity index (χ4n) is 1.40. The highest BCUT2D eigenvalue weighted by molar-refractivity contribution is 5.72. The first-order chi connectivity index (χ1) is 9.35. The quantitative estimate of drug-likeness (QED) is 0.272. The summed E-state index contributed by atoms with van der Waals surface area (Å²) in [4.78, 5) is 44.1. The zero-order valence-electron chi connectivity index (χ0n) is 10.6. The number of hydrogen-bond donors (Lipinski definition) is 3. The molecule has 20 heavy (non-hydrogen) atoms. The van der Waals surface area contributed by atoms with E-state index in [4.69, 9.17) is 15.3 Å². The molecule has 10 heteroatoms. The van der Waals surface area contributed by atoms with Crippen LogP contribution in [0.2, 0.25) is 0 Å². The molecule has 0 unspecified atom stereocenters. The van der Waals surface area contributed by atoms with Gasteiger partial charge < -0.3 is 20.1 Å². The number of hydrogen-bond acceptors (Lipinski definition) is 7. The van der Waals surface area contributed by atoms with E-state index < -0.39 is 37.5 Å². The lowest BCUT2D eigenvalue weighted by Crippen LogP contribution is -2.42. The summed E-state index contributed by atoms with van der Waals surface area (Å²) in [7, 11) is 0. The molecule has 0 aromatic rings. The highest BCUT2D eigenvalue weighted by Crippen LogP contribution is 1.94. The smallest absolute Gasteiger partial charge is 0.317 e. The highest BCUT2D eigenvalue weighted by atomic mass is 16.5. The Morgan fingerprint density at radius 3 is 1.65 bits per heavy atom. The average Bonchev–Trinajstić information content (AvgIpc) is 2.30. The van der Waals surface area contributed by atoms with Crippen molar-refractivity contribution in [3.63, 3.8) is 0 Å². The predicted molar refractivity (Wildman–Crippen MR) is 62.9 cm³/mol. The van der Waals surface area contributed by atoms with E-state index in [1.165, 1.54) is 4.90 Å². The van der Waals surface area contributed by atoms with Gasteiger partial charge in [-0.15, -0.1) is 0 Å². The van der Waals surface area contributed by atoms with Crippen molar-refractivity contribution in [3.8, 4) is 0 Å². The summed E-state index contributed by atoms with van der Waals surface area (Å²) in [6.07, 6.45) is 0. The number of carboxylic acid groups (broad SMARTS) is 3. The molecule has 0 atom stereocenters. The maximum Gasteiger partial charge on any atom is 0.317 e. The summed E-state index contributed by atoms with van der Waals surface area (Å²) in [5.41, 5.74) is 0. The molecule has 0 aliphatic carbocycles. The van der Waals surface area contributed by atoms with Crippen LogP contribution in [-0.2, 0) is 23.9 Å². The topological polar surface area (TPSA) is 145 Å². The van der Waals surface area contributed by atoms with Crippen LogP contribution in [0.3, 0.4) is 0 Å². The molecular weight excluding hydrogens is 276 g/mol. The minimum Gasteiger partial charge on any atom is -0.480 e. The van der Waals surface area contributed by atoms with Crippen LogP contribution in [0.15, 0.2) is 0 Å². The minimum atomic E-state index is -1.19. The van der Waals surface area contributed by atoms with E-state index in [1.807, 2.05) is 0 Å². The largest absolute Gasteiger partial charge is 0.480 e. The maximum absolute atomic E-state index is 10.6. The summed E-state index contributed by atoms with van der Waals surface area (Å²) >= 11 is 0. The zero-order chi connectivity index (χ0) is 15.5. The maximum atomic E-state index is 10.6. The molecule has 0 aliphatic rings. The van der Waals surface area contributed by atoms with E-state index in [9.17, 15) is 19.2 Å². The Bertz CT molecular complexity index is 343. The van der Waals surface area contributed by atoms with Crippen LogP contribution in [0.1, 0.15) is 0 Å². The molecule has 0 heterocycles.